The van der Waals surface area contributed by atoms with E-state index in [1.54, 1.807) is 45.5 Å². The monoisotopic (exact) mass is 588 g/mol. The molecular formula is C31H42ClFN4O4. The second kappa shape index (κ2) is 16.3. The van der Waals surface area contributed by atoms with Gasteiger partial charge in [0.15, 0.2) is 0 Å². The molecule has 0 aromatic heterocycles. The van der Waals surface area contributed by atoms with Gasteiger partial charge in [0.05, 0.1) is 31.1 Å². The fourth-order valence-corrected chi connectivity index (χ4v) is 5.05. The number of amides is 2. The topological polar surface area (TPSA) is 94.9 Å². The highest BCUT2D eigenvalue weighted by Crippen LogP contribution is 2.36. The third-order valence-corrected chi connectivity index (χ3v) is 7.10. The molecule has 0 saturated carbocycles. The Bertz CT molecular complexity index is 1230. The molecule has 1 atom stereocenters. The third kappa shape index (κ3) is 9.15. The van der Waals surface area contributed by atoms with Gasteiger partial charge in [-0.25, -0.2) is 4.39 Å². The highest BCUT2D eigenvalue weighted by molar-refractivity contribution is 5.85. The number of nitriles is 1. The number of likely N-dealkylation sites (N-methyl/N-ethyl adjacent to an activating group) is 1. The van der Waals surface area contributed by atoms with Crippen molar-refractivity contribution in [1.82, 2.24) is 15.1 Å². The molecule has 1 N–H and O–H groups in total. The predicted octanol–water partition coefficient (Wildman–Crippen LogP) is 4.36. The van der Waals surface area contributed by atoms with Crippen molar-refractivity contribution in [3.8, 4) is 22.9 Å². The summed E-state index contributed by atoms with van der Waals surface area (Å²) in [6.45, 7) is 6.50. The molecule has 2 aromatic carbocycles. The summed E-state index contributed by atoms with van der Waals surface area (Å²) < 4.78 is 26.4. The van der Waals surface area contributed by atoms with Gasteiger partial charge in [0.1, 0.15) is 11.6 Å². The summed E-state index contributed by atoms with van der Waals surface area (Å²) >= 11 is 0. The molecule has 0 unspecified atom stereocenters. The average Bonchev–Trinajstić information content (AvgIpc) is 2.92. The number of rotatable bonds is 12. The van der Waals surface area contributed by atoms with Gasteiger partial charge < -0.3 is 24.6 Å². The molecule has 8 nitrogen and oxygen atoms in total. The van der Waals surface area contributed by atoms with Gasteiger partial charge >= 0.3 is 0 Å². The molecule has 41 heavy (non-hydrogen) atoms. The van der Waals surface area contributed by atoms with Crippen LogP contribution in [0.1, 0.15) is 49.8 Å². The summed E-state index contributed by atoms with van der Waals surface area (Å²) in [6.07, 6.45) is 2.69. The lowest BCUT2D eigenvalue weighted by Crippen LogP contribution is -2.52. The normalized spacial score (nSPS) is 14.6. The number of methoxy groups -OCH3 is 1. The molecule has 1 aliphatic rings. The highest BCUT2D eigenvalue weighted by atomic mass is 35.5. The van der Waals surface area contributed by atoms with Crippen LogP contribution in [0.2, 0.25) is 0 Å². The molecule has 3 rings (SSSR count). The number of benzene rings is 2. The molecule has 0 spiro atoms. The van der Waals surface area contributed by atoms with Crippen LogP contribution in [0.15, 0.2) is 30.3 Å². The van der Waals surface area contributed by atoms with E-state index in [4.69, 9.17) is 9.47 Å². The van der Waals surface area contributed by atoms with E-state index < -0.39 is 5.82 Å². The molecule has 224 valence electrons. The van der Waals surface area contributed by atoms with Crippen molar-refractivity contribution >= 4 is 24.2 Å². The lowest BCUT2D eigenvalue weighted by Gasteiger charge is -2.37. The molecule has 1 fully saturated rings. The Morgan fingerprint density at radius 1 is 1.12 bits per heavy atom. The number of halogens is 2. The lowest BCUT2D eigenvalue weighted by atomic mass is 9.94. The first-order chi connectivity index (χ1) is 19.2. The molecule has 0 bridgehead atoms. The minimum absolute atomic E-state index is 0. The van der Waals surface area contributed by atoms with E-state index in [9.17, 15) is 14.9 Å². The van der Waals surface area contributed by atoms with Crippen LogP contribution < -0.4 is 10.1 Å². The SMILES string of the molecule is COCCCOc1cc(CC(=O)N(C(C)C)[C@@H]2CCCNC2)c(C#N)cc1-c1cc(CC(=O)N(C)C)ccc1F.Cl. The van der Waals surface area contributed by atoms with Crippen molar-refractivity contribution in [2.24, 2.45) is 0 Å². The van der Waals surface area contributed by atoms with Crippen LogP contribution in [-0.4, -0.2) is 81.2 Å². The fraction of sp³-hybridized carbons (Fsp3) is 0.516. The van der Waals surface area contributed by atoms with Crippen molar-refractivity contribution in [2.45, 2.75) is 58.0 Å². The van der Waals surface area contributed by atoms with Crippen molar-refractivity contribution in [2.75, 3.05) is 47.5 Å². The Balaban J connectivity index is 0.00000588. The summed E-state index contributed by atoms with van der Waals surface area (Å²) in [5, 5.41) is 13.4. The van der Waals surface area contributed by atoms with Gasteiger partial charge in [0, 0.05) is 64.0 Å². The van der Waals surface area contributed by atoms with Gasteiger partial charge in [0.2, 0.25) is 11.8 Å². The molecule has 0 radical (unpaired) electrons. The lowest BCUT2D eigenvalue weighted by molar-refractivity contribution is -0.135. The van der Waals surface area contributed by atoms with Crippen molar-refractivity contribution < 1.29 is 23.5 Å². The zero-order chi connectivity index (χ0) is 29.2. The van der Waals surface area contributed by atoms with Crippen LogP contribution in [0.25, 0.3) is 11.1 Å². The second-order valence-electron chi connectivity index (χ2n) is 10.7. The summed E-state index contributed by atoms with van der Waals surface area (Å²) in [5.41, 5.74) is 2.10. The number of nitrogens with zero attached hydrogens (tertiary/aromatic N) is 3. The van der Waals surface area contributed by atoms with E-state index in [0.29, 0.717) is 42.1 Å². The Labute approximate surface area is 249 Å². The van der Waals surface area contributed by atoms with E-state index in [-0.39, 0.29) is 60.3 Å². The number of carbonyl (C=O) groups is 2. The van der Waals surface area contributed by atoms with Crippen LogP contribution in [0.4, 0.5) is 4.39 Å². The van der Waals surface area contributed by atoms with Crippen LogP contribution in [0, 0.1) is 17.1 Å². The molecule has 1 aliphatic heterocycles. The first-order valence-electron chi connectivity index (χ1n) is 13.9. The zero-order valence-corrected chi connectivity index (χ0v) is 25.5. The largest absolute Gasteiger partial charge is 0.493 e. The second-order valence-corrected chi connectivity index (χ2v) is 10.7. The Kier molecular flexibility index (Phi) is 13.5. The average molecular weight is 589 g/mol. The smallest absolute Gasteiger partial charge is 0.227 e. The summed E-state index contributed by atoms with van der Waals surface area (Å²) in [7, 11) is 4.95. The molecule has 1 saturated heterocycles. The summed E-state index contributed by atoms with van der Waals surface area (Å²) in [6, 6.07) is 10.1. The van der Waals surface area contributed by atoms with E-state index >= 15 is 4.39 Å². The standard InChI is InChI=1S/C31H41FN4O4.ClH/c1-21(2)36(25-8-6-11-34-20-25)31(38)18-23-17-29(40-13-7-12-39-5)27(16-24(23)19-33)26-14-22(9-10-28(26)32)15-30(37)35(3)4;/h9-10,14,16-17,21,25,34H,6-8,11-13,15,18,20H2,1-5H3;1H/t25-;/m1./s1. The fourth-order valence-electron chi connectivity index (χ4n) is 5.05. The molecule has 1 heterocycles. The molecular weight excluding hydrogens is 547 g/mol. The van der Waals surface area contributed by atoms with Gasteiger partial charge in [-0.15, -0.1) is 12.4 Å². The maximum atomic E-state index is 15.2. The number of ether oxygens (including phenoxy) is 2. The summed E-state index contributed by atoms with van der Waals surface area (Å²) in [4.78, 5) is 29.3. The number of nitrogens with one attached hydrogen (secondary N) is 1. The number of piperidine rings is 1. The van der Waals surface area contributed by atoms with Gasteiger partial charge in [-0.1, -0.05) is 6.07 Å². The van der Waals surface area contributed by atoms with Crippen LogP contribution >= 0.6 is 12.4 Å². The van der Waals surface area contributed by atoms with Gasteiger partial charge in [-0.3, -0.25) is 9.59 Å². The predicted molar refractivity (Wildman–Crippen MR) is 160 cm³/mol. The van der Waals surface area contributed by atoms with E-state index in [0.717, 1.165) is 25.9 Å². The zero-order valence-electron chi connectivity index (χ0n) is 24.7. The maximum absolute atomic E-state index is 15.2. The molecule has 10 heteroatoms. The van der Waals surface area contributed by atoms with Crippen molar-refractivity contribution in [1.29, 1.82) is 5.26 Å². The minimum atomic E-state index is -0.494. The van der Waals surface area contributed by atoms with Gasteiger partial charge in [-0.05, 0) is 68.6 Å². The Morgan fingerprint density at radius 3 is 2.49 bits per heavy atom. The first kappa shape index (κ1) is 34.0. The molecule has 2 aromatic rings. The van der Waals surface area contributed by atoms with Crippen molar-refractivity contribution in [3.05, 3.63) is 52.8 Å². The van der Waals surface area contributed by atoms with Crippen LogP contribution in [-0.2, 0) is 27.2 Å². The van der Waals surface area contributed by atoms with Gasteiger partial charge in [-0.2, -0.15) is 5.26 Å². The minimum Gasteiger partial charge on any atom is -0.493 e. The summed E-state index contributed by atoms with van der Waals surface area (Å²) in [5.74, 6) is -0.286. The quantitative estimate of drug-likeness (QED) is 0.370. The Morgan fingerprint density at radius 2 is 1.88 bits per heavy atom. The third-order valence-electron chi connectivity index (χ3n) is 7.10. The molecule has 0 aliphatic carbocycles. The molecule has 2 amide bonds. The van der Waals surface area contributed by atoms with Crippen LogP contribution in [0.5, 0.6) is 5.75 Å². The Hall–Kier alpha value is -3.19. The first-order valence-corrected chi connectivity index (χ1v) is 13.9. The van der Waals surface area contributed by atoms with Gasteiger partial charge in [0.25, 0.3) is 0 Å². The van der Waals surface area contributed by atoms with Crippen molar-refractivity contribution in [3.63, 3.8) is 0 Å². The highest BCUT2D eigenvalue weighted by Gasteiger charge is 2.28. The maximum Gasteiger partial charge on any atom is 0.227 e. The van der Waals surface area contributed by atoms with E-state index in [1.807, 2.05) is 18.7 Å². The van der Waals surface area contributed by atoms with Crippen LogP contribution in [0.3, 0.4) is 0 Å². The van der Waals surface area contributed by atoms with E-state index in [1.165, 1.54) is 11.0 Å². The number of hydrogen-bond acceptors (Lipinski definition) is 6. The van der Waals surface area contributed by atoms with E-state index in [2.05, 4.69) is 11.4 Å². The number of carbonyl (C=O) groups excluding carboxylic acids is 2. The number of hydrogen-bond donors (Lipinski definition) is 1.